The summed E-state index contributed by atoms with van der Waals surface area (Å²) in [7, 11) is 0. The van der Waals surface area contributed by atoms with Gasteiger partial charge in [0.25, 0.3) is 0 Å². The molecule has 0 saturated carbocycles. The van der Waals surface area contributed by atoms with Crippen molar-refractivity contribution in [2.45, 2.75) is 38.8 Å². The Morgan fingerprint density at radius 2 is 2.37 bits per heavy atom. The summed E-state index contributed by atoms with van der Waals surface area (Å²) in [5, 5.41) is 7.10. The molecule has 1 aromatic carbocycles. The summed E-state index contributed by atoms with van der Waals surface area (Å²) in [5.41, 5.74) is 2.76. The van der Waals surface area contributed by atoms with Gasteiger partial charge in [0.05, 0.1) is 13.2 Å². The molecular formula is C16H26N2O. The van der Waals surface area contributed by atoms with Crippen molar-refractivity contribution < 1.29 is 4.74 Å². The molecule has 2 unspecified atom stereocenters. The number of morpholine rings is 1. The molecule has 1 aromatic rings. The van der Waals surface area contributed by atoms with Gasteiger partial charge in [0.1, 0.15) is 0 Å². The fraction of sp³-hybridized carbons (Fsp3) is 0.625. The van der Waals surface area contributed by atoms with E-state index in [0.29, 0.717) is 12.1 Å². The minimum Gasteiger partial charge on any atom is -0.379 e. The zero-order valence-corrected chi connectivity index (χ0v) is 12.1. The van der Waals surface area contributed by atoms with Crippen LogP contribution in [0.4, 0.5) is 0 Å². The largest absolute Gasteiger partial charge is 0.379 e. The first kappa shape index (κ1) is 14.5. The van der Waals surface area contributed by atoms with E-state index in [1.54, 1.807) is 0 Å². The van der Waals surface area contributed by atoms with Crippen molar-refractivity contribution in [3.05, 3.63) is 35.4 Å². The Bertz CT molecular complexity index is 375. The Balaban J connectivity index is 1.64. The molecule has 2 N–H and O–H groups in total. The molecule has 3 heteroatoms. The molecule has 1 heterocycles. The van der Waals surface area contributed by atoms with Gasteiger partial charge in [-0.2, -0.15) is 0 Å². The van der Waals surface area contributed by atoms with Gasteiger partial charge in [0, 0.05) is 18.6 Å². The van der Waals surface area contributed by atoms with E-state index in [0.717, 1.165) is 39.1 Å². The predicted octanol–water partition coefficient (Wildman–Crippen LogP) is 1.89. The van der Waals surface area contributed by atoms with Crippen LogP contribution in [0.15, 0.2) is 24.3 Å². The molecule has 0 amide bonds. The van der Waals surface area contributed by atoms with Gasteiger partial charge in [-0.3, -0.25) is 0 Å². The molecule has 106 valence electrons. The van der Waals surface area contributed by atoms with E-state index in [2.05, 4.69) is 48.7 Å². The lowest BCUT2D eigenvalue weighted by Crippen LogP contribution is -2.45. The normalized spacial score (nSPS) is 21.3. The van der Waals surface area contributed by atoms with Gasteiger partial charge in [-0.1, -0.05) is 29.8 Å². The van der Waals surface area contributed by atoms with E-state index in [4.69, 9.17) is 4.74 Å². The van der Waals surface area contributed by atoms with Gasteiger partial charge in [0.2, 0.25) is 0 Å². The Kier molecular flexibility index (Phi) is 5.83. The highest BCUT2D eigenvalue weighted by atomic mass is 16.5. The maximum atomic E-state index is 5.48. The zero-order chi connectivity index (χ0) is 13.5. The highest BCUT2D eigenvalue weighted by molar-refractivity contribution is 5.22. The molecule has 0 aliphatic carbocycles. The Morgan fingerprint density at radius 1 is 1.47 bits per heavy atom. The van der Waals surface area contributed by atoms with E-state index >= 15 is 0 Å². The highest BCUT2D eigenvalue weighted by Gasteiger charge is 2.15. The maximum Gasteiger partial charge on any atom is 0.0620 e. The SMILES string of the molecule is Cc1cccc(CCNC(C)CC2COCCN2)c1. The summed E-state index contributed by atoms with van der Waals surface area (Å²) >= 11 is 0. The topological polar surface area (TPSA) is 33.3 Å². The number of hydrogen-bond donors (Lipinski definition) is 2. The molecule has 0 bridgehead atoms. The van der Waals surface area contributed by atoms with E-state index in [9.17, 15) is 0 Å². The fourth-order valence-electron chi connectivity index (χ4n) is 2.61. The second kappa shape index (κ2) is 7.63. The molecule has 1 aliphatic heterocycles. The lowest BCUT2D eigenvalue weighted by Gasteiger charge is -2.26. The van der Waals surface area contributed by atoms with Gasteiger partial charge in [-0.25, -0.2) is 0 Å². The Morgan fingerprint density at radius 3 is 3.11 bits per heavy atom. The Hall–Kier alpha value is -0.900. The Labute approximate surface area is 116 Å². The van der Waals surface area contributed by atoms with Gasteiger partial charge >= 0.3 is 0 Å². The van der Waals surface area contributed by atoms with Crippen molar-refractivity contribution >= 4 is 0 Å². The van der Waals surface area contributed by atoms with Crippen molar-refractivity contribution in [1.29, 1.82) is 0 Å². The van der Waals surface area contributed by atoms with Crippen LogP contribution in [-0.2, 0) is 11.2 Å². The molecule has 2 atom stereocenters. The summed E-state index contributed by atoms with van der Waals surface area (Å²) in [4.78, 5) is 0. The van der Waals surface area contributed by atoms with E-state index in [1.165, 1.54) is 11.1 Å². The van der Waals surface area contributed by atoms with Crippen molar-refractivity contribution in [1.82, 2.24) is 10.6 Å². The van der Waals surface area contributed by atoms with Crippen LogP contribution in [0, 0.1) is 6.92 Å². The molecule has 1 fully saturated rings. The quantitative estimate of drug-likeness (QED) is 0.821. The lowest BCUT2D eigenvalue weighted by molar-refractivity contribution is 0.0713. The van der Waals surface area contributed by atoms with Crippen LogP contribution in [0.25, 0.3) is 0 Å². The number of rotatable bonds is 6. The molecular weight excluding hydrogens is 236 g/mol. The number of ether oxygens (including phenoxy) is 1. The average Bonchev–Trinajstić information content (AvgIpc) is 2.40. The first-order chi connectivity index (χ1) is 9.24. The number of benzene rings is 1. The zero-order valence-electron chi connectivity index (χ0n) is 12.1. The van der Waals surface area contributed by atoms with Crippen LogP contribution >= 0.6 is 0 Å². The van der Waals surface area contributed by atoms with E-state index < -0.39 is 0 Å². The minimum atomic E-state index is 0.509. The van der Waals surface area contributed by atoms with Gasteiger partial charge in [-0.05, 0) is 38.8 Å². The van der Waals surface area contributed by atoms with Crippen molar-refractivity contribution in [3.8, 4) is 0 Å². The number of aryl methyl sites for hydroxylation is 1. The first-order valence-corrected chi connectivity index (χ1v) is 7.34. The smallest absolute Gasteiger partial charge is 0.0620 e. The summed E-state index contributed by atoms with van der Waals surface area (Å²) in [6, 6.07) is 9.80. The van der Waals surface area contributed by atoms with E-state index in [1.807, 2.05) is 0 Å². The van der Waals surface area contributed by atoms with Crippen LogP contribution in [0.1, 0.15) is 24.5 Å². The molecule has 0 radical (unpaired) electrons. The van der Waals surface area contributed by atoms with Crippen LogP contribution in [-0.4, -0.2) is 38.4 Å². The molecule has 3 nitrogen and oxygen atoms in total. The van der Waals surface area contributed by atoms with Crippen molar-refractivity contribution in [2.24, 2.45) is 0 Å². The van der Waals surface area contributed by atoms with Crippen LogP contribution in [0.2, 0.25) is 0 Å². The van der Waals surface area contributed by atoms with Crippen LogP contribution in [0.3, 0.4) is 0 Å². The minimum absolute atomic E-state index is 0.509. The van der Waals surface area contributed by atoms with Crippen LogP contribution < -0.4 is 10.6 Å². The molecule has 0 aromatic heterocycles. The highest BCUT2D eigenvalue weighted by Crippen LogP contribution is 2.05. The molecule has 19 heavy (non-hydrogen) atoms. The third-order valence-electron chi connectivity index (χ3n) is 3.63. The third-order valence-corrected chi connectivity index (χ3v) is 3.63. The monoisotopic (exact) mass is 262 g/mol. The lowest BCUT2D eigenvalue weighted by atomic mass is 10.1. The standard InChI is InChI=1S/C16H26N2O/c1-13-4-3-5-15(10-13)6-7-17-14(2)11-16-12-19-9-8-18-16/h3-5,10,14,16-18H,6-9,11-12H2,1-2H3. The predicted molar refractivity (Wildman–Crippen MR) is 79.6 cm³/mol. The van der Waals surface area contributed by atoms with E-state index in [-0.39, 0.29) is 0 Å². The van der Waals surface area contributed by atoms with Crippen molar-refractivity contribution in [3.63, 3.8) is 0 Å². The fourth-order valence-corrected chi connectivity index (χ4v) is 2.61. The average molecular weight is 262 g/mol. The molecule has 1 aliphatic rings. The number of hydrogen-bond acceptors (Lipinski definition) is 3. The second-order valence-electron chi connectivity index (χ2n) is 5.56. The summed E-state index contributed by atoms with van der Waals surface area (Å²) in [6.07, 6.45) is 2.23. The second-order valence-corrected chi connectivity index (χ2v) is 5.56. The number of nitrogens with one attached hydrogen (secondary N) is 2. The molecule has 2 rings (SSSR count). The third kappa shape index (κ3) is 5.31. The van der Waals surface area contributed by atoms with Crippen molar-refractivity contribution in [2.75, 3.05) is 26.3 Å². The van der Waals surface area contributed by atoms with Gasteiger partial charge in [0.15, 0.2) is 0 Å². The van der Waals surface area contributed by atoms with Gasteiger partial charge in [-0.15, -0.1) is 0 Å². The van der Waals surface area contributed by atoms with Gasteiger partial charge < -0.3 is 15.4 Å². The molecule has 1 saturated heterocycles. The summed E-state index contributed by atoms with van der Waals surface area (Å²) in [5.74, 6) is 0. The summed E-state index contributed by atoms with van der Waals surface area (Å²) < 4.78 is 5.48. The molecule has 0 spiro atoms. The first-order valence-electron chi connectivity index (χ1n) is 7.34. The van der Waals surface area contributed by atoms with Crippen LogP contribution in [0.5, 0.6) is 0 Å². The summed E-state index contributed by atoms with van der Waals surface area (Å²) in [6.45, 7) is 8.13. The maximum absolute atomic E-state index is 5.48.